The van der Waals surface area contributed by atoms with Crippen molar-refractivity contribution < 1.29 is 14.3 Å². The topological polar surface area (TPSA) is 38.8 Å². The molecule has 1 amide bonds. The second-order valence-electron chi connectivity index (χ2n) is 6.79. The molecule has 2 aromatic carbocycles. The second-order valence-corrected chi connectivity index (χ2v) is 6.79. The molecule has 1 heterocycles. The van der Waals surface area contributed by atoms with Gasteiger partial charge in [0.1, 0.15) is 11.5 Å². The van der Waals surface area contributed by atoms with E-state index in [2.05, 4.69) is 0 Å². The Hall–Kier alpha value is -2.33. The summed E-state index contributed by atoms with van der Waals surface area (Å²) in [5, 5.41) is 0. The van der Waals surface area contributed by atoms with Gasteiger partial charge in [-0.1, -0.05) is 24.6 Å². The van der Waals surface area contributed by atoms with Crippen LogP contribution in [0.25, 0.3) is 0 Å². The number of fused-ring (bicyclic) bond motifs is 1. The fourth-order valence-corrected chi connectivity index (χ4v) is 3.98. The number of amides is 1. The molecular formula is C21H23NO3. The van der Waals surface area contributed by atoms with Crippen molar-refractivity contribution in [3.8, 4) is 5.75 Å². The van der Waals surface area contributed by atoms with Gasteiger partial charge in [-0.25, -0.2) is 0 Å². The smallest absolute Gasteiger partial charge is 0.260 e. The van der Waals surface area contributed by atoms with Crippen molar-refractivity contribution in [1.29, 1.82) is 0 Å². The zero-order chi connectivity index (χ0) is 17.3. The molecule has 2 aliphatic rings. The summed E-state index contributed by atoms with van der Waals surface area (Å²) in [7, 11) is 1.63. The van der Waals surface area contributed by atoms with E-state index in [1.165, 1.54) is 6.42 Å². The Morgan fingerprint density at radius 2 is 1.76 bits per heavy atom. The molecule has 4 rings (SSSR count). The SMILES string of the molecule is COc1ccc(C(=O)N2c3ccccc3COC23CCCCC3)cc1. The Morgan fingerprint density at radius 3 is 2.48 bits per heavy atom. The number of methoxy groups -OCH3 is 1. The molecule has 1 aliphatic heterocycles. The first-order chi connectivity index (χ1) is 12.2. The third-order valence-electron chi connectivity index (χ3n) is 5.31. The van der Waals surface area contributed by atoms with Crippen molar-refractivity contribution in [2.24, 2.45) is 0 Å². The van der Waals surface area contributed by atoms with E-state index < -0.39 is 5.72 Å². The fraction of sp³-hybridized carbons (Fsp3) is 0.381. The average molecular weight is 337 g/mol. The molecule has 0 bridgehead atoms. The molecular weight excluding hydrogens is 314 g/mol. The maximum Gasteiger partial charge on any atom is 0.260 e. The van der Waals surface area contributed by atoms with Gasteiger partial charge < -0.3 is 9.47 Å². The van der Waals surface area contributed by atoms with Crippen LogP contribution in [0.4, 0.5) is 5.69 Å². The van der Waals surface area contributed by atoms with E-state index in [9.17, 15) is 4.79 Å². The second kappa shape index (κ2) is 6.52. The predicted molar refractivity (Wildman–Crippen MR) is 96.9 cm³/mol. The standard InChI is InChI=1S/C21H23NO3/c1-24-18-11-9-16(10-12-18)20(23)22-19-8-4-3-7-17(19)15-25-21(22)13-5-2-6-14-21/h3-4,7-12H,2,5-6,13-15H2,1H3. The molecule has 130 valence electrons. The third-order valence-corrected chi connectivity index (χ3v) is 5.31. The maximum atomic E-state index is 13.4. The van der Waals surface area contributed by atoms with Crippen molar-refractivity contribution in [1.82, 2.24) is 0 Å². The highest BCUT2D eigenvalue weighted by atomic mass is 16.5. The van der Waals surface area contributed by atoms with Gasteiger partial charge in [0.25, 0.3) is 5.91 Å². The molecule has 0 N–H and O–H groups in total. The largest absolute Gasteiger partial charge is 0.497 e. The summed E-state index contributed by atoms with van der Waals surface area (Å²) >= 11 is 0. The molecule has 0 atom stereocenters. The highest BCUT2D eigenvalue weighted by molar-refractivity contribution is 6.07. The number of para-hydroxylation sites is 1. The lowest BCUT2D eigenvalue weighted by atomic mass is 9.87. The van der Waals surface area contributed by atoms with Crippen LogP contribution in [0, 0.1) is 0 Å². The number of hydrogen-bond acceptors (Lipinski definition) is 3. The van der Waals surface area contributed by atoms with Gasteiger partial charge in [-0.15, -0.1) is 0 Å². The van der Waals surface area contributed by atoms with E-state index in [-0.39, 0.29) is 5.91 Å². The van der Waals surface area contributed by atoms with E-state index in [4.69, 9.17) is 9.47 Å². The van der Waals surface area contributed by atoms with Crippen LogP contribution < -0.4 is 9.64 Å². The lowest BCUT2D eigenvalue weighted by molar-refractivity contribution is -0.0850. The number of anilines is 1. The Kier molecular flexibility index (Phi) is 4.22. The van der Waals surface area contributed by atoms with Crippen LogP contribution in [0.1, 0.15) is 48.0 Å². The van der Waals surface area contributed by atoms with Crippen LogP contribution in [0.3, 0.4) is 0 Å². The Bertz CT molecular complexity index is 763. The zero-order valence-electron chi connectivity index (χ0n) is 14.5. The molecule has 4 heteroatoms. The van der Waals surface area contributed by atoms with E-state index in [1.54, 1.807) is 7.11 Å². The molecule has 1 aliphatic carbocycles. The summed E-state index contributed by atoms with van der Waals surface area (Å²) in [4.78, 5) is 15.4. The Morgan fingerprint density at radius 1 is 1.04 bits per heavy atom. The predicted octanol–water partition coefficient (Wildman–Crippen LogP) is 4.53. The number of nitrogens with zero attached hydrogens (tertiary/aromatic N) is 1. The average Bonchev–Trinajstić information content (AvgIpc) is 2.68. The summed E-state index contributed by atoms with van der Waals surface area (Å²) in [6, 6.07) is 15.4. The van der Waals surface area contributed by atoms with Crippen molar-refractivity contribution in [2.75, 3.05) is 12.0 Å². The lowest BCUT2D eigenvalue weighted by Gasteiger charge is -2.49. The monoisotopic (exact) mass is 337 g/mol. The third kappa shape index (κ3) is 2.81. The van der Waals surface area contributed by atoms with E-state index in [0.717, 1.165) is 42.7 Å². The van der Waals surface area contributed by atoms with Crippen molar-refractivity contribution in [2.45, 2.75) is 44.4 Å². The van der Waals surface area contributed by atoms with Gasteiger partial charge in [-0.2, -0.15) is 0 Å². The van der Waals surface area contributed by atoms with Gasteiger partial charge in [-0.3, -0.25) is 9.69 Å². The van der Waals surface area contributed by atoms with Gasteiger partial charge in [0.05, 0.1) is 19.4 Å². The molecule has 1 fully saturated rings. The zero-order valence-corrected chi connectivity index (χ0v) is 14.5. The van der Waals surface area contributed by atoms with E-state index in [1.807, 2.05) is 53.4 Å². The molecule has 0 unspecified atom stereocenters. The number of carbonyl (C=O) groups excluding carboxylic acids is 1. The van der Waals surface area contributed by atoms with Gasteiger partial charge in [0.2, 0.25) is 0 Å². The normalized spacial score (nSPS) is 18.7. The highest BCUT2D eigenvalue weighted by Gasteiger charge is 2.46. The highest BCUT2D eigenvalue weighted by Crippen LogP contribution is 2.44. The molecule has 0 aromatic heterocycles. The fourth-order valence-electron chi connectivity index (χ4n) is 3.98. The quantitative estimate of drug-likeness (QED) is 0.808. The summed E-state index contributed by atoms with van der Waals surface area (Å²) in [6.45, 7) is 0.572. The van der Waals surface area contributed by atoms with Crippen LogP contribution in [0.2, 0.25) is 0 Å². The van der Waals surface area contributed by atoms with Gasteiger partial charge >= 0.3 is 0 Å². The molecule has 2 aromatic rings. The molecule has 25 heavy (non-hydrogen) atoms. The van der Waals surface area contributed by atoms with E-state index in [0.29, 0.717) is 12.2 Å². The maximum absolute atomic E-state index is 13.4. The number of rotatable bonds is 2. The number of hydrogen-bond donors (Lipinski definition) is 0. The summed E-state index contributed by atoms with van der Waals surface area (Å²) in [5.41, 5.74) is 2.20. The van der Waals surface area contributed by atoms with Gasteiger partial charge in [-0.05, 0) is 56.0 Å². The first kappa shape index (κ1) is 16.2. The van der Waals surface area contributed by atoms with Gasteiger partial charge in [0, 0.05) is 11.1 Å². The molecule has 4 nitrogen and oxygen atoms in total. The Labute approximate surface area is 148 Å². The van der Waals surface area contributed by atoms with Crippen LogP contribution >= 0.6 is 0 Å². The summed E-state index contributed by atoms with van der Waals surface area (Å²) in [5.74, 6) is 0.746. The van der Waals surface area contributed by atoms with Crippen molar-refractivity contribution in [3.63, 3.8) is 0 Å². The summed E-state index contributed by atoms with van der Waals surface area (Å²) in [6.07, 6.45) is 5.17. The van der Waals surface area contributed by atoms with Crippen LogP contribution in [-0.2, 0) is 11.3 Å². The minimum Gasteiger partial charge on any atom is -0.497 e. The number of ether oxygens (including phenoxy) is 2. The molecule has 0 saturated heterocycles. The van der Waals surface area contributed by atoms with Gasteiger partial charge in [0.15, 0.2) is 0 Å². The first-order valence-corrected chi connectivity index (χ1v) is 8.94. The molecule has 1 saturated carbocycles. The first-order valence-electron chi connectivity index (χ1n) is 8.94. The van der Waals surface area contributed by atoms with E-state index >= 15 is 0 Å². The van der Waals surface area contributed by atoms with Crippen molar-refractivity contribution in [3.05, 3.63) is 59.7 Å². The van der Waals surface area contributed by atoms with Crippen LogP contribution in [0.15, 0.2) is 48.5 Å². The minimum absolute atomic E-state index is 0.00305. The van der Waals surface area contributed by atoms with Crippen LogP contribution in [-0.4, -0.2) is 18.7 Å². The number of benzene rings is 2. The van der Waals surface area contributed by atoms with Crippen molar-refractivity contribution >= 4 is 11.6 Å². The molecule has 1 spiro atoms. The number of carbonyl (C=O) groups is 1. The lowest BCUT2D eigenvalue weighted by Crippen LogP contribution is -2.57. The summed E-state index contributed by atoms with van der Waals surface area (Å²) < 4.78 is 11.5. The Balaban J connectivity index is 1.77. The minimum atomic E-state index is -0.510. The molecule has 0 radical (unpaired) electrons. The van der Waals surface area contributed by atoms with Crippen LogP contribution in [0.5, 0.6) is 5.75 Å².